The van der Waals surface area contributed by atoms with Crippen LogP contribution in [0.3, 0.4) is 0 Å². The largest absolute Gasteiger partial charge is 0.0654 e. The molecule has 0 bridgehead atoms. The van der Waals surface area contributed by atoms with Crippen LogP contribution in [0.5, 0.6) is 0 Å². The van der Waals surface area contributed by atoms with Crippen molar-refractivity contribution in [2.45, 2.75) is 227 Å². The van der Waals surface area contributed by atoms with Crippen LogP contribution in [0.1, 0.15) is 227 Å². The molecule has 0 saturated heterocycles. The molecule has 0 radical (unpaired) electrons. The summed E-state index contributed by atoms with van der Waals surface area (Å²) < 4.78 is 0. The third-order valence-electron chi connectivity index (χ3n) is 19.1. The van der Waals surface area contributed by atoms with Gasteiger partial charge < -0.3 is 0 Å². The molecule has 0 heteroatoms. The van der Waals surface area contributed by atoms with Crippen LogP contribution in [0.2, 0.25) is 0 Å². The highest BCUT2D eigenvalue weighted by molar-refractivity contribution is 5.03. The van der Waals surface area contributed by atoms with E-state index < -0.39 is 0 Å². The van der Waals surface area contributed by atoms with Crippen LogP contribution in [0.4, 0.5) is 0 Å². The summed E-state index contributed by atoms with van der Waals surface area (Å²) in [5.41, 5.74) is 0. The van der Waals surface area contributed by atoms with Crippen molar-refractivity contribution in [1.29, 1.82) is 0 Å². The quantitative estimate of drug-likeness (QED) is 0.190. The Morgan fingerprint density at radius 3 is 1.67 bits per heavy atom. The minimum atomic E-state index is 0.981. The van der Waals surface area contributed by atoms with E-state index in [1.807, 2.05) is 0 Å². The van der Waals surface area contributed by atoms with Gasteiger partial charge in [0.1, 0.15) is 0 Å². The van der Waals surface area contributed by atoms with Gasteiger partial charge in [-0.2, -0.15) is 0 Å². The predicted molar refractivity (Wildman–Crippen MR) is 222 cm³/mol. The van der Waals surface area contributed by atoms with Gasteiger partial charge in [0, 0.05) is 0 Å². The first kappa shape index (κ1) is 39.2. The highest BCUT2D eigenvalue weighted by Gasteiger charge is 2.54. The molecule has 0 aromatic heterocycles. The summed E-state index contributed by atoms with van der Waals surface area (Å²) in [6, 6.07) is 0. The first-order chi connectivity index (χ1) is 25.1. The van der Waals surface area contributed by atoms with Crippen LogP contribution in [-0.4, -0.2) is 0 Å². The molecular weight excluding hydrogens is 613 g/mol. The molecule has 0 aromatic carbocycles. The molecular formula is C51H90. The van der Waals surface area contributed by atoms with Crippen LogP contribution >= 0.6 is 0 Å². The number of hydrogen-bond donors (Lipinski definition) is 0. The maximum Gasteiger partial charge on any atom is -0.0323 e. The van der Waals surface area contributed by atoms with E-state index in [9.17, 15) is 0 Å². The van der Waals surface area contributed by atoms with Gasteiger partial charge in [-0.25, -0.2) is 0 Å². The van der Waals surface area contributed by atoms with Crippen molar-refractivity contribution < 1.29 is 0 Å². The zero-order valence-corrected chi connectivity index (χ0v) is 35.2. The summed E-state index contributed by atoms with van der Waals surface area (Å²) in [6.07, 6.45) is 48.5. The van der Waals surface area contributed by atoms with E-state index in [0.29, 0.717) is 0 Å². The molecule has 0 aromatic rings. The summed E-state index contributed by atoms with van der Waals surface area (Å²) in [4.78, 5) is 0. The van der Waals surface area contributed by atoms with Crippen molar-refractivity contribution in [3.05, 3.63) is 0 Å². The summed E-state index contributed by atoms with van der Waals surface area (Å²) in [5, 5.41) is 0. The molecule has 7 aliphatic rings. The van der Waals surface area contributed by atoms with E-state index in [2.05, 4.69) is 27.7 Å². The SMILES string of the molecule is CCCCC1CCC(C)CCC(C2CCC3CC(C4C5CCCCC5C(CCC(CC)C5CCCCC5CCC)C5CCCCC54)CCC3C2)C1. The van der Waals surface area contributed by atoms with E-state index in [1.165, 1.54) is 64.2 Å². The van der Waals surface area contributed by atoms with Crippen molar-refractivity contribution in [3.63, 3.8) is 0 Å². The van der Waals surface area contributed by atoms with Crippen LogP contribution < -0.4 is 0 Å². The van der Waals surface area contributed by atoms with Gasteiger partial charge in [-0.15, -0.1) is 0 Å². The van der Waals surface area contributed by atoms with Gasteiger partial charge in [-0.3, -0.25) is 0 Å². The lowest BCUT2D eigenvalue weighted by Gasteiger charge is -2.59. The number of rotatable bonds is 12. The Morgan fingerprint density at radius 2 is 1.02 bits per heavy atom. The fraction of sp³-hybridized carbons (Fsp3) is 1.00. The number of hydrogen-bond acceptors (Lipinski definition) is 0. The topological polar surface area (TPSA) is 0 Å². The van der Waals surface area contributed by atoms with Crippen molar-refractivity contribution in [3.8, 4) is 0 Å². The molecule has 0 heterocycles. The first-order valence-corrected chi connectivity index (χ1v) is 25.1. The Labute approximate surface area is 320 Å². The molecule has 0 spiro atoms. The van der Waals surface area contributed by atoms with Crippen molar-refractivity contribution in [2.24, 2.45) is 94.7 Å². The van der Waals surface area contributed by atoms with Gasteiger partial charge in [-0.1, -0.05) is 130 Å². The van der Waals surface area contributed by atoms with E-state index in [0.717, 1.165) is 94.7 Å². The van der Waals surface area contributed by atoms with Crippen LogP contribution in [0, 0.1) is 94.7 Å². The number of fused-ring (bicyclic) bond motifs is 3. The smallest absolute Gasteiger partial charge is 0.0323 e. The Morgan fingerprint density at radius 1 is 0.471 bits per heavy atom. The summed E-state index contributed by atoms with van der Waals surface area (Å²) >= 11 is 0. The molecule has 0 nitrogen and oxygen atoms in total. The molecule has 0 N–H and O–H groups in total. The highest BCUT2D eigenvalue weighted by Crippen LogP contribution is 2.62. The van der Waals surface area contributed by atoms with Crippen LogP contribution in [0.15, 0.2) is 0 Å². The summed E-state index contributed by atoms with van der Waals surface area (Å²) in [6.45, 7) is 10.0. The Balaban J connectivity index is 1.00. The summed E-state index contributed by atoms with van der Waals surface area (Å²) in [7, 11) is 0. The molecule has 7 saturated carbocycles. The average Bonchev–Trinajstić information content (AvgIpc) is 3.16. The van der Waals surface area contributed by atoms with E-state index in [-0.39, 0.29) is 0 Å². The van der Waals surface area contributed by atoms with Gasteiger partial charge in [0.2, 0.25) is 0 Å². The maximum atomic E-state index is 2.58. The second-order valence-electron chi connectivity index (χ2n) is 21.6. The van der Waals surface area contributed by atoms with Gasteiger partial charge >= 0.3 is 0 Å². The van der Waals surface area contributed by atoms with Crippen molar-refractivity contribution in [2.75, 3.05) is 0 Å². The van der Waals surface area contributed by atoms with E-state index in [1.54, 1.807) is 135 Å². The standard InChI is InChI=1S/C51H90/c1-5-8-16-37-25-23-36(4)24-26-40(33-37)41-27-28-43-35-44(30-29-42(43)34-41)51-49-21-13-11-19-46(49)48(47-20-12-14-22-50(47)51)32-31-38(7-3)45-18-10-9-17-39(45)15-6-2/h36-51H,5-35H2,1-4H3. The molecule has 7 rings (SSSR count). The molecule has 0 amide bonds. The van der Waals surface area contributed by atoms with Crippen molar-refractivity contribution in [1.82, 2.24) is 0 Å². The average molecular weight is 703 g/mol. The minimum absolute atomic E-state index is 0.981. The summed E-state index contributed by atoms with van der Waals surface area (Å²) in [5.74, 6) is 17.3. The third-order valence-corrected chi connectivity index (χ3v) is 19.1. The minimum Gasteiger partial charge on any atom is -0.0654 e. The molecule has 14 atom stereocenters. The monoisotopic (exact) mass is 703 g/mol. The predicted octanol–water partition coefficient (Wildman–Crippen LogP) is 16.1. The van der Waals surface area contributed by atoms with Gasteiger partial charge in [-0.05, 0) is 191 Å². The molecule has 0 aliphatic heterocycles. The van der Waals surface area contributed by atoms with Gasteiger partial charge in [0.25, 0.3) is 0 Å². The van der Waals surface area contributed by atoms with Gasteiger partial charge in [0.15, 0.2) is 0 Å². The van der Waals surface area contributed by atoms with E-state index in [4.69, 9.17) is 0 Å². The second-order valence-corrected chi connectivity index (χ2v) is 21.6. The Hall–Kier alpha value is 0. The Bertz CT molecular complexity index is 970. The van der Waals surface area contributed by atoms with Gasteiger partial charge in [0.05, 0.1) is 0 Å². The van der Waals surface area contributed by atoms with Crippen molar-refractivity contribution >= 4 is 0 Å². The van der Waals surface area contributed by atoms with Crippen LogP contribution in [-0.2, 0) is 0 Å². The molecule has 294 valence electrons. The zero-order valence-electron chi connectivity index (χ0n) is 35.2. The lowest BCUT2D eigenvalue weighted by molar-refractivity contribution is -0.103. The molecule has 51 heavy (non-hydrogen) atoms. The fourth-order valence-electron chi connectivity index (χ4n) is 16.6. The lowest BCUT2D eigenvalue weighted by Crippen LogP contribution is -2.52. The normalized spacial score (nSPS) is 45.8. The fourth-order valence-corrected chi connectivity index (χ4v) is 16.6. The van der Waals surface area contributed by atoms with E-state index >= 15 is 0 Å². The van der Waals surface area contributed by atoms with Crippen LogP contribution in [0.25, 0.3) is 0 Å². The zero-order chi connectivity index (χ0) is 35.2. The Kier molecular flexibility index (Phi) is 14.8. The molecule has 14 unspecified atom stereocenters. The number of unbranched alkanes of at least 4 members (excludes halogenated alkanes) is 1. The second kappa shape index (κ2) is 19.2. The maximum absolute atomic E-state index is 2.58. The first-order valence-electron chi connectivity index (χ1n) is 25.1. The molecule has 7 fully saturated rings. The third kappa shape index (κ3) is 9.35. The molecule has 7 aliphatic carbocycles. The lowest BCUT2D eigenvalue weighted by atomic mass is 9.46. The highest BCUT2D eigenvalue weighted by atomic mass is 14.6.